The molecule has 5 nitrogen and oxygen atoms in total. The number of fused-ring (bicyclic) bond motifs is 1. The van der Waals surface area contributed by atoms with E-state index in [4.69, 9.17) is 0 Å². The van der Waals surface area contributed by atoms with Gasteiger partial charge in [0.05, 0.1) is 0 Å². The number of hydrogen-bond donors (Lipinski definition) is 1. The van der Waals surface area contributed by atoms with Gasteiger partial charge in [0.2, 0.25) is 11.9 Å². The van der Waals surface area contributed by atoms with Crippen LogP contribution in [0.5, 0.6) is 0 Å². The van der Waals surface area contributed by atoms with Crippen LogP contribution in [0.2, 0.25) is 0 Å². The molecular formula is C13H14N4O. The predicted octanol–water partition coefficient (Wildman–Crippen LogP) is 2.02. The third-order valence-corrected chi connectivity index (χ3v) is 3.12. The molecule has 5 heteroatoms. The zero-order valence-electron chi connectivity index (χ0n) is 9.91. The van der Waals surface area contributed by atoms with Crippen molar-refractivity contribution in [1.82, 2.24) is 14.6 Å². The molecule has 1 aliphatic rings. The van der Waals surface area contributed by atoms with Crippen molar-refractivity contribution in [3.8, 4) is 0 Å². The van der Waals surface area contributed by atoms with E-state index < -0.39 is 0 Å². The lowest BCUT2D eigenvalue weighted by Gasteiger charge is -2.07. The molecule has 0 saturated heterocycles. The van der Waals surface area contributed by atoms with Crippen molar-refractivity contribution in [2.75, 3.05) is 5.32 Å². The fourth-order valence-corrected chi connectivity index (χ4v) is 2.21. The molecular weight excluding hydrogens is 228 g/mol. The van der Waals surface area contributed by atoms with Crippen LogP contribution < -0.4 is 5.32 Å². The van der Waals surface area contributed by atoms with Gasteiger partial charge in [-0.2, -0.15) is 0 Å². The fourth-order valence-electron chi connectivity index (χ4n) is 2.21. The Morgan fingerprint density at radius 1 is 1.44 bits per heavy atom. The summed E-state index contributed by atoms with van der Waals surface area (Å²) in [6.45, 7) is 0. The maximum Gasteiger partial charge on any atom is 0.235 e. The third kappa shape index (κ3) is 2.11. The van der Waals surface area contributed by atoms with E-state index in [0.717, 1.165) is 18.5 Å². The molecule has 2 aromatic heterocycles. The van der Waals surface area contributed by atoms with Gasteiger partial charge in [0.15, 0.2) is 5.65 Å². The summed E-state index contributed by atoms with van der Waals surface area (Å²) in [6.07, 6.45) is 8.73. The van der Waals surface area contributed by atoms with Gasteiger partial charge in [-0.3, -0.25) is 14.5 Å². The first-order chi connectivity index (χ1) is 8.83. The molecule has 2 heterocycles. The highest BCUT2D eigenvalue weighted by Gasteiger charge is 2.15. The number of allylic oxidation sites excluding steroid dienone is 2. The van der Waals surface area contributed by atoms with Crippen molar-refractivity contribution >= 4 is 17.5 Å². The van der Waals surface area contributed by atoms with Crippen LogP contribution in [0.4, 0.5) is 5.95 Å². The zero-order chi connectivity index (χ0) is 12.4. The first-order valence-electron chi connectivity index (χ1n) is 6.09. The van der Waals surface area contributed by atoms with Crippen molar-refractivity contribution < 1.29 is 4.79 Å². The lowest BCUT2D eigenvalue weighted by molar-refractivity contribution is -0.116. The number of aromatic nitrogens is 3. The first kappa shape index (κ1) is 11.0. The summed E-state index contributed by atoms with van der Waals surface area (Å²) in [5.74, 6) is 0.839. The average Bonchev–Trinajstić information content (AvgIpc) is 3.00. The second-order valence-corrected chi connectivity index (χ2v) is 4.47. The maximum atomic E-state index is 11.9. The Labute approximate surface area is 105 Å². The van der Waals surface area contributed by atoms with Crippen LogP contribution in [0, 0.1) is 5.92 Å². The number of nitrogens with zero attached hydrogens (tertiary/aromatic N) is 3. The number of anilines is 1. The third-order valence-electron chi connectivity index (χ3n) is 3.12. The number of nitrogens with one attached hydrogen (secondary N) is 1. The van der Waals surface area contributed by atoms with Gasteiger partial charge in [0.25, 0.3) is 0 Å². The first-order valence-corrected chi connectivity index (χ1v) is 6.09. The number of carbonyl (C=O) groups is 1. The van der Waals surface area contributed by atoms with E-state index in [9.17, 15) is 4.79 Å². The maximum absolute atomic E-state index is 11.9. The van der Waals surface area contributed by atoms with E-state index in [1.54, 1.807) is 4.40 Å². The second-order valence-electron chi connectivity index (χ2n) is 4.47. The Morgan fingerprint density at radius 2 is 2.39 bits per heavy atom. The SMILES string of the molecule is O=C(CC1C=CCC1)Nc1nnc2ccccn12. The molecule has 0 radical (unpaired) electrons. The Kier molecular flexibility index (Phi) is 2.80. The van der Waals surface area contributed by atoms with E-state index >= 15 is 0 Å². The quantitative estimate of drug-likeness (QED) is 0.838. The molecule has 0 aliphatic heterocycles. The Morgan fingerprint density at radius 3 is 3.22 bits per heavy atom. The molecule has 1 unspecified atom stereocenters. The average molecular weight is 242 g/mol. The van der Waals surface area contributed by atoms with Gasteiger partial charge >= 0.3 is 0 Å². The number of rotatable bonds is 3. The van der Waals surface area contributed by atoms with Gasteiger partial charge in [0, 0.05) is 12.6 Å². The molecule has 2 aromatic rings. The normalized spacial score (nSPS) is 18.3. The molecule has 1 atom stereocenters. The van der Waals surface area contributed by atoms with E-state index in [1.165, 1.54) is 0 Å². The topological polar surface area (TPSA) is 59.3 Å². The largest absolute Gasteiger partial charge is 0.294 e. The molecule has 0 fully saturated rings. The Hall–Kier alpha value is -2.17. The lowest BCUT2D eigenvalue weighted by Crippen LogP contribution is -2.16. The summed E-state index contributed by atoms with van der Waals surface area (Å²) < 4.78 is 1.77. The highest BCUT2D eigenvalue weighted by molar-refractivity contribution is 5.89. The molecule has 1 amide bonds. The molecule has 3 rings (SSSR count). The second kappa shape index (κ2) is 4.60. The summed E-state index contributed by atoms with van der Waals surface area (Å²) >= 11 is 0. The Balaban J connectivity index is 1.72. The number of hydrogen-bond acceptors (Lipinski definition) is 3. The summed E-state index contributed by atoms with van der Waals surface area (Å²) in [4.78, 5) is 11.9. The van der Waals surface area contributed by atoms with Gasteiger partial charge in [-0.1, -0.05) is 18.2 Å². The summed E-state index contributed by atoms with van der Waals surface area (Å²) in [7, 11) is 0. The van der Waals surface area contributed by atoms with Crippen molar-refractivity contribution in [3.05, 3.63) is 36.5 Å². The Bertz CT molecular complexity index is 602. The standard InChI is InChI=1S/C13H14N4O/c18-12(9-10-5-1-2-6-10)14-13-16-15-11-7-3-4-8-17(11)13/h1,3-5,7-8,10H,2,6,9H2,(H,14,16,18). The zero-order valence-corrected chi connectivity index (χ0v) is 9.91. The monoisotopic (exact) mass is 242 g/mol. The van der Waals surface area contributed by atoms with Gasteiger partial charge in [-0.15, -0.1) is 10.2 Å². The number of pyridine rings is 1. The summed E-state index contributed by atoms with van der Waals surface area (Å²) in [6, 6.07) is 5.62. The molecule has 0 saturated carbocycles. The van der Waals surface area contributed by atoms with E-state index in [-0.39, 0.29) is 5.91 Å². The van der Waals surface area contributed by atoms with Crippen LogP contribution >= 0.6 is 0 Å². The minimum Gasteiger partial charge on any atom is -0.294 e. The molecule has 1 N–H and O–H groups in total. The van der Waals surface area contributed by atoms with E-state index in [2.05, 4.69) is 27.7 Å². The van der Waals surface area contributed by atoms with Crippen molar-refractivity contribution in [3.63, 3.8) is 0 Å². The van der Waals surface area contributed by atoms with Crippen molar-refractivity contribution in [2.45, 2.75) is 19.3 Å². The molecule has 18 heavy (non-hydrogen) atoms. The van der Waals surface area contributed by atoms with E-state index in [0.29, 0.717) is 18.3 Å². The van der Waals surface area contributed by atoms with Crippen molar-refractivity contribution in [1.29, 1.82) is 0 Å². The molecule has 0 bridgehead atoms. The van der Waals surface area contributed by atoms with Crippen LogP contribution in [-0.4, -0.2) is 20.5 Å². The van der Waals surface area contributed by atoms with Crippen molar-refractivity contribution in [2.24, 2.45) is 5.92 Å². The van der Waals surface area contributed by atoms with Gasteiger partial charge in [-0.25, -0.2) is 0 Å². The highest BCUT2D eigenvalue weighted by atomic mass is 16.1. The number of carbonyl (C=O) groups excluding carboxylic acids is 1. The summed E-state index contributed by atoms with van der Waals surface area (Å²) in [5, 5.41) is 10.8. The lowest BCUT2D eigenvalue weighted by atomic mass is 10.1. The minimum absolute atomic E-state index is 0.00953. The van der Waals surface area contributed by atoms with Gasteiger partial charge in [0.1, 0.15) is 0 Å². The predicted molar refractivity (Wildman–Crippen MR) is 68.1 cm³/mol. The number of amides is 1. The van der Waals surface area contributed by atoms with E-state index in [1.807, 2.05) is 24.4 Å². The summed E-state index contributed by atoms with van der Waals surface area (Å²) in [5.41, 5.74) is 0.730. The minimum atomic E-state index is -0.00953. The van der Waals surface area contributed by atoms with Gasteiger partial charge < -0.3 is 0 Å². The highest BCUT2D eigenvalue weighted by Crippen LogP contribution is 2.20. The van der Waals surface area contributed by atoms with Crippen LogP contribution in [0.15, 0.2) is 36.5 Å². The smallest absolute Gasteiger partial charge is 0.235 e. The molecule has 92 valence electrons. The van der Waals surface area contributed by atoms with Crippen LogP contribution in [0.25, 0.3) is 5.65 Å². The molecule has 0 aromatic carbocycles. The van der Waals surface area contributed by atoms with Gasteiger partial charge in [-0.05, 0) is 30.9 Å². The fraction of sp³-hybridized carbons (Fsp3) is 0.308. The molecule has 1 aliphatic carbocycles. The van der Waals surface area contributed by atoms with Crippen LogP contribution in [0.1, 0.15) is 19.3 Å². The van der Waals surface area contributed by atoms with Crippen LogP contribution in [0.3, 0.4) is 0 Å². The van der Waals surface area contributed by atoms with Crippen LogP contribution in [-0.2, 0) is 4.79 Å². The molecule has 0 spiro atoms.